The molecular weight excluding hydrogens is 430 g/mol. The Hall–Kier alpha value is 0.380. The molecule has 0 aromatic heterocycles. The van der Waals surface area contributed by atoms with E-state index in [1.54, 1.807) is 6.07 Å². The van der Waals surface area contributed by atoms with E-state index in [1.807, 2.05) is 4.90 Å². The highest BCUT2D eigenvalue weighted by molar-refractivity contribution is 6.43. The van der Waals surface area contributed by atoms with Crippen LogP contribution in [-0.2, 0) is 0 Å². The third-order valence-electron chi connectivity index (χ3n) is 3.67. The average Bonchev–Trinajstić information content (AvgIpc) is 2.44. The molecule has 1 N–H and O–H groups in total. The fourth-order valence-electron chi connectivity index (χ4n) is 2.65. The van der Waals surface area contributed by atoms with E-state index >= 15 is 0 Å². The van der Waals surface area contributed by atoms with Gasteiger partial charge in [0.15, 0.2) is 0 Å². The molecule has 1 atom stereocenters. The lowest BCUT2D eigenvalue weighted by Crippen LogP contribution is -2.45. The van der Waals surface area contributed by atoms with Gasteiger partial charge in [-0.2, -0.15) is 13.2 Å². The van der Waals surface area contributed by atoms with E-state index in [9.17, 15) is 13.2 Å². The SMILES string of the molecule is Cl.Cl.FC(F)(F)CC[C@H](c1cc(Cl)cc(Cl)c1Cl)N1CCNCC1. The van der Waals surface area contributed by atoms with Crippen LogP contribution >= 0.6 is 59.6 Å². The van der Waals surface area contributed by atoms with Gasteiger partial charge in [0.1, 0.15) is 0 Å². The Morgan fingerprint density at radius 1 is 1.08 bits per heavy atom. The molecule has 1 fully saturated rings. The Morgan fingerprint density at radius 3 is 2.21 bits per heavy atom. The molecule has 0 spiro atoms. The van der Waals surface area contributed by atoms with Crippen molar-refractivity contribution >= 4 is 59.6 Å². The first-order valence-electron chi connectivity index (χ1n) is 6.94. The van der Waals surface area contributed by atoms with Crippen LogP contribution in [0.25, 0.3) is 0 Å². The molecule has 0 unspecified atom stereocenters. The second-order valence-electron chi connectivity index (χ2n) is 5.25. The number of hydrogen-bond donors (Lipinski definition) is 1. The third-order valence-corrected chi connectivity index (χ3v) is 4.71. The highest BCUT2D eigenvalue weighted by Gasteiger charge is 2.32. The summed E-state index contributed by atoms with van der Waals surface area (Å²) in [5, 5.41) is 4.09. The van der Waals surface area contributed by atoms with E-state index in [4.69, 9.17) is 34.8 Å². The summed E-state index contributed by atoms with van der Waals surface area (Å²) in [6, 6.07) is 2.65. The van der Waals surface area contributed by atoms with Gasteiger partial charge in [-0.1, -0.05) is 34.8 Å². The highest BCUT2D eigenvalue weighted by Crippen LogP contribution is 2.39. The Morgan fingerprint density at radius 2 is 1.67 bits per heavy atom. The molecule has 0 amide bonds. The molecule has 1 aromatic rings. The smallest absolute Gasteiger partial charge is 0.314 e. The van der Waals surface area contributed by atoms with Crippen LogP contribution in [0.1, 0.15) is 24.4 Å². The summed E-state index contributed by atoms with van der Waals surface area (Å²) in [5.41, 5.74) is 0.560. The largest absolute Gasteiger partial charge is 0.389 e. The van der Waals surface area contributed by atoms with Crippen LogP contribution < -0.4 is 5.32 Å². The summed E-state index contributed by atoms with van der Waals surface area (Å²) in [6.07, 6.45) is -5.15. The van der Waals surface area contributed by atoms with Crippen molar-refractivity contribution < 1.29 is 13.2 Å². The van der Waals surface area contributed by atoms with Crippen molar-refractivity contribution in [3.63, 3.8) is 0 Å². The van der Waals surface area contributed by atoms with Crippen molar-refractivity contribution in [1.82, 2.24) is 10.2 Å². The van der Waals surface area contributed by atoms with Gasteiger partial charge in [-0.05, 0) is 24.1 Å². The summed E-state index contributed by atoms with van der Waals surface area (Å²) < 4.78 is 37.9. The second kappa shape index (κ2) is 10.5. The number of hydrogen-bond acceptors (Lipinski definition) is 2. The van der Waals surface area contributed by atoms with Crippen molar-refractivity contribution in [2.24, 2.45) is 0 Å². The molecule has 0 aliphatic carbocycles. The molecule has 10 heteroatoms. The number of halogens is 8. The van der Waals surface area contributed by atoms with Crippen LogP contribution in [0.5, 0.6) is 0 Å². The minimum atomic E-state index is -4.21. The van der Waals surface area contributed by atoms with Gasteiger partial charge < -0.3 is 5.32 Å². The molecule has 140 valence electrons. The number of benzene rings is 1. The van der Waals surface area contributed by atoms with Gasteiger partial charge >= 0.3 is 6.18 Å². The van der Waals surface area contributed by atoms with E-state index in [-0.39, 0.29) is 41.3 Å². The van der Waals surface area contributed by atoms with Crippen LogP contribution in [0.2, 0.25) is 15.1 Å². The lowest BCUT2D eigenvalue weighted by molar-refractivity contribution is -0.138. The minimum Gasteiger partial charge on any atom is -0.314 e. The van der Waals surface area contributed by atoms with Crippen molar-refractivity contribution in [3.8, 4) is 0 Å². The van der Waals surface area contributed by atoms with Crippen molar-refractivity contribution in [3.05, 3.63) is 32.8 Å². The maximum Gasteiger partial charge on any atom is 0.389 e. The molecule has 0 saturated carbocycles. The standard InChI is InChI=1S/C14H16Cl3F3N2.2ClH/c15-9-7-10(13(17)11(16)8-9)12(1-2-14(18,19)20)22-5-3-21-4-6-22;;/h7-8,12,21H,1-6H2;2*1H/t12-;;/m1../s1. The Labute approximate surface area is 166 Å². The Bertz CT molecular complexity index is 522. The lowest BCUT2D eigenvalue weighted by Gasteiger charge is -2.36. The zero-order valence-electron chi connectivity index (χ0n) is 12.5. The molecule has 2 rings (SSSR count). The molecule has 0 radical (unpaired) electrons. The third kappa shape index (κ3) is 6.94. The summed E-state index contributed by atoms with van der Waals surface area (Å²) >= 11 is 18.2. The lowest BCUT2D eigenvalue weighted by atomic mass is 9.99. The molecule has 1 aliphatic rings. The summed E-state index contributed by atoms with van der Waals surface area (Å²) in [5.74, 6) is 0. The summed E-state index contributed by atoms with van der Waals surface area (Å²) in [4.78, 5) is 2.00. The number of nitrogens with zero attached hydrogens (tertiary/aromatic N) is 1. The molecule has 1 aromatic carbocycles. The first-order chi connectivity index (χ1) is 10.3. The van der Waals surface area contributed by atoms with E-state index in [2.05, 4.69) is 5.32 Å². The predicted molar refractivity (Wildman–Crippen MR) is 98.4 cm³/mol. The number of rotatable bonds is 4. The van der Waals surface area contributed by atoms with E-state index in [1.165, 1.54) is 6.07 Å². The molecule has 1 aliphatic heterocycles. The number of piperazine rings is 1. The van der Waals surface area contributed by atoms with Gasteiger partial charge in [0, 0.05) is 43.7 Å². The Balaban J connectivity index is 0.00000264. The van der Waals surface area contributed by atoms with Crippen LogP contribution in [0.4, 0.5) is 13.2 Å². The van der Waals surface area contributed by atoms with Crippen molar-refractivity contribution in [2.75, 3.05) is 26.2 Å². The van der Waals surface area contributed by atoms with E-state index in [0.29, 0.717) is 23.7 Å². The zero-order chi connectivity index (χ0) is 16.3. The van der Waals surface area contributed by atoms with Gasteiger partial charge in [-0.3, -0.25) is 4.90 Å². The van der Waals surface area contributed by atoms with Gasteiger partial charge in [-0.15, -0.1) is 24.8 Å². The maximum absolute atomic E-state index is 12.6. The van der Waals surface area contributed by atoms with Crippen LogP contribution in [0, 0.1) is 0 Å². The highest BCUT2D eigenvalue weighted by atomic mass is 35.5. The molecular formula is C14H18Cl5F3N2. The van der Waals surface area contributed by atoms with Crippen molar-refractivity contribution in [2.45, 2.75) is 25.1 Å². The average molecular weight is 449 g/mol. The van der Waals surface area contributed by atoms with Crippen LogP contribution in [0.15, 0.2) is 12.1 Å². The van der Waals surface area contributed by atoms with Gasteiger partial charge in [0.2, 0.25) is 0 Å². The van der Waals surface area contributed by atoms with Crippen LogP contribution in [0.3, 0.4) is 0 Å². The fourth-order valence-corrected chi connectivity index (χ4v) is 3.39. The van der Waals surface area contributed by atoms with Gasteiger partial charge in [0.25, 0.3) is 0 Å². The molecule has 0 bridgehead atoms. The first-order valence-corrected chi connectivity index (χ1v) is 8.07. The predicted octanol–water partition coefficient (Wildman–Crippen LogP) is 5.78. The minimum absolute atomic E-state index is 0. The second-order valence-corrected chi connectivity index (χ2v) is 6.47. The van der Waals surface area contributed by atoms with Gasteiger partial charge in [0.05, 0.1) is 10.0 Å². The normalized spacial score (nSPS) is 16.9. The molecule has 24 heavy (non-hydrogen) atoms. The molecule has 1 saturated heterocycles. The zero-order valence-corrected chi connectivity index (χ0v) is 16.4. The number of alkyl halides is 3. The van der Waals surface area contributed by atoms with E-state index in [0.717, 1.165) is 13.1 Å². The Kier molecular flexibility index (Phi) is 10.7. The molecule has 1 heterocycles. The number of nitrogens with one attached hydrogen (secondary N) is 1. The summed E-state index contributed by atoms with van der Waals surface area (Å²) in [7, 11) is 0. The fraction of sp³-hybridized carbons (Fsp3) is 0.571. The molecule has 2 nitrogen and oxygen atoms in total. The van der Waals surface area contributed by atoms with Crippen LogP contribution in [-0.4, -0.2) is 37.3 Å². The quantitative estimate of drug-likeness (QED) is 0.588. The van der Waals surface area contributed by atoms with E-state index < -0.39 is 18.6 Å². The summed E-state index contributed by atoms with van der Waals surface area (Å²) in [6.45, 7) is 2.77. The maximum atomic E-state index is 12.6. The monoisotopic (exact) mass is 446 g/mol. The topological polar surface area (TPSA) is 15.3 Å². The van der Waals surface area contributed by atoms with Crippen molar-refractivity contribution in [1.29, 1.82) is 0 Å². The first kappa shape index (κ1) is 24.4. The van der Waals surface area contributed by atoms with Gasteiger partial charge in [-0.25, -0.2) is 0 Å².